The van der Waals surface area contributed by atoms with Gasteiger partial charge in [-0.1, -0.05) is 30.3 Å². The number of hydrogen-bond acceptors (Lipinski definition) is 8. The molecule has 3 aromatic rings. The van der Waals surface area contributed by atoms with Crippen molar-refractivity contribution < 1.29 is 37.0 Å². The Kier molecular flexibility index (Phi) is 6.65. The number of rotatable bonds is 8. The van der Waals surface area contributed by atoms with Crippen LogP contribution in [0.1, 0.15) is 21.5 Å². The number of benzene rings is 3. The van der Waals surface area contributed by atoms with Crippen molar-refractivity contribution in [1.82, 2.24) is 0 Å². The molecule has 1 aliphatic heterocycles. The molecule has 10 heteroatoms. The minimum absolute atomic E-state index is 0.0206. The average molecular weight is 498 g/mol. The summed E-state index contributed by atoms with van der Waals surface area (Å²) < 4.78 is 49.6. The predicted octanol–water partition coefficient (Wildman–Crippen LogP) is 3.33. The number of esters is 1. The minimum atomic E-state index is -4.37. The van der Waals surface area contributed by atoms with E-state index in [1.807, 2.05) is 0 Å². The van der Waals surface area contributed by atoms with Crippen LogP contribution in [0.4, 0.5) is 5.69 Å². The fourth-order valence-electron chi connectivity index (χ4n) is 3.74. The summed E-state index contributed by atoms with van der Waals surface area (Å²) in [6, 6.07) is 15.5. The minimum Gasteiger partial charge on any atom is -0.493 e. The van der Waals surface area contributed by atoms with Gasteiger partial charge in [-0.25, -0.2) is 8.42 Å². The quantitative estimate of drug-likeness (QED) is 0.344. The van der Waals surface area contributed by atoms with Gasteiger partial charge in [0.15, 0.2) is 17.3 Å². The van der Waals surface area contributed by atoms with Crippen molar-refractivity contribution >= 4 is 27.5 Å². The van der Waals surface area contributed by atoms with Gasteiger partial charge in [0.05, 0.1) is 24.8 Å². The van der Waals surface area contributed by atoms with Gasteiger partial charge in [0.25, 0.3) is 10.0 Å². The molecule has 0 unspecified atom stereocenters. The molecule has 1 heterocycles. The molecule has 1 aliphatic rings. The van der Waals surface area contributed by atoms with Crippen LogP contribution in [0.25, 0.3) is 0 Å². The Morgan fingerprint density at radius 1 is 1.00 bits per heavy atom. The molecule has 0 saturated heterocycles. The van der Waals surface area contributed by atoms with Gasteiger partial charge in [-0.05, 0) is 42.8 Å². The molecule has 0 fully saturated rings. The zero-order valence-corrected chi connectivity index (χ0v) is 20.1. The number of aryl methyl sites for hydroxylation is 1. The Bertz CT molecular complexity index is 1400. The lowest BCUT2D eigenvalue weighted by atomic mass is 10.0. The van der Waals surface area contributed by atoms with Gasteiger partial charge in [-0.3, -0.25) is 13.9 Å². The molecule has 3 aromatic carbocycles. The standard InChI is InChI=1S/C25H23NO8S/c1-16-8-4-6-10-19(16)26(14-23(27)32-3)35(29,30)22-11-7-5-9-18(22)24(28)17-12-20(31-2)25-21(13-17)33-15-34-25/h4-13H,14-15H2,1-3H3. The lowest BCUT2D eigenvalue weighted by molar-refractivity contribution is -0.138. The highest BCUT2D eigenvalue weighted by Crippen LogP contribution is 2.42. The molecule has 0 N–H and O–H groups in total. The van der Waals surface area contributed by atoms with E-state index in [2.05, 4.69) is 0 Å². The predicted molar refractivity (Wildman–Crippen MR) is 127 cm³/mol. The number of sulfonamides is 1. The van der Waals surface area contributed by atoms with Crippen molar-refractivity contribution in [3.63, 3.8) is 0 Å². The SMILES string of the molecule is COC(=O)CN(c1ccccc1C)S(=O)(=O)c1ccccc1C(=O)c1cc(OC)c2c(c1)OCO2. The summed E-state index contributed by atoms with van der Waals surface area (Å²) >= 11 is 0. The third kappa shape index (κ3) is 4.52. The normalized spacial score (nSPS) is 12.2. The monoisotopic (exact) mass is 497 g/mol. The molecule has 0 bridgehead atoms. The first-order valence-electron chi connectivity index (χ1n) is 10.5. The van der Waals surface area contributed by atoms with Crippen molar-refractivity contribution in [2.75, 3.05) is 31.9 Å². The van der Waals surface area contributed by atoms with Crippen LogP contribution in [0, 0.1) is 6.92 Å². The lowest BCUT2D eigenvalue weighted by Gasteiger charge is -2.25. The van der Waals surface area contributed by atoms with Gasteiger partial charge in [-0.2, -0.15) is 0 Å². The van der Waals surface area contributed by atoms with Gasteiger partial charge < -0.3 is 18.9 Å². The van der Waals surface area contributed by atoms with Crippen molar-refractivity contribution in [3.8, 4) is 17.2 Å². The summed E-state index contributed by atoms with van der Waals surface area (Å²) in [7, 11) is -1.76. The Hall–Kier alpha value is -4.05. The summed E-state index contributed by atoms with van der Waals surface area (Å²) in [5.74, 6) is -0.338. The van der Waals surface area contributed by atoms with Crippen LogP contribution >= 0.6 is 0 Å². The fourth-order valence-corrected chi connectivity index (χ4v) is 5.40. The average Bonchev–Trinajstić information content (AvgIpc) is 3.35. The molecule has 0 saturated carbocycles. The van der Waals surface area contributed by atoms with E-state index < -0.39 is 28.3 Å². The van der Waals surface area contributed by atoms with Crippen LogP contribution in [-0.2, 0) is 19.6 Å². The maximum absolute atomic E-state index is 13.9. The fraction of sp³-hybridized carbons (Fsp3) is 0.200. The van der Waals surface area contributed by atoms with Gasteiger partial charge in [0.1, 0.15) is 6.54 Å². The van der Waals surface area contributed by atoms with Crippen LogP contribution in [-0.4, -0.2) is 47.7 Å². The summed E-state index contributed by atoms with van der Waals surface area (Å²) in [5.41, 5.74) is 1.01. The van der Waals surface area contributed by atoms with Gasteiger partial charge in [0.2, 0.25) is 12.5 Å². The molecule has 9 nitrogen and oxygen atoms in total. The highest BCUT2D eigenvalue weighted by atomic mass is 32.2. The first kappa shape index (κ1) is 24.1. The Morgan fingerprint density at radius 2 is 1.71 bits per heavy atom. The van der Waals surface area contributed by atoms with Crippen LogP contribution in [0.15, 0.2) is 65.6 Å². The van der Waals surface area contributed by atoms with E-state index in [4.69, 9.17) is 18.9 Å². The first-order valence-corrected chi connectivity index (χ1v) is 12.0. The van der Waals surface area contributed by atoms with Crippen molar-refractivity contribution in [2.24, 2.45) is 0 Å². The van der Waals surface area contributed by atoms with E-state index in [-0.39, 0.29) is 28.6 Å². The van der Waals surface area contributed by atoms with E-state index in [9.17, 15) is 18.0 Å². The molecule has 0 aliphatic carbocycles. The molecular weight excluding hydrogens is 474 g/mol. The molecular formula is C25H23NO8S. The number of para-hydroxylation sites is 1. The summed E-state index contributed by atoms with van der Waals surface area (Å²) in [6.45, 7) is 1.14. The van der Waals surface area contributed by atoms with E-state index in [1.165, 1.54) is 44.6 Å². The summed E-state index contributed by atoms with van der Waals surface area (Å²) in [4.78, 5) is 25.5. The van der Waals surface area contributed by atoms with Gasteiger partial charge in [0, 0.05) is 11.1 Å². The van der Waals surface area contributed by atoms with Crippen LogP contribution in [0.3, 0.4) is 0 Å². The second-order valence-corrected chi connectivity index (χ2v) is 9.44. The second kappa shape index (κ2) is 9.67. The number of carbonyl (C=O) groups is 2. The third-order valence-electron chi connectivity index (χ3n) is 5.50. The Labute approximate surface area is 202 Å². The third-order valence-corrected chi connectivity index (χ3v) is 7.32. The molecule has 0 radical (unpaired) electrons. The maximum atomic E-state index is 13.9. The number of ether oxygens (including phenoxy) is 4. The van der Waals surface area contributed by atoms with Crippen molar-refractivity contribution in [1.29, 1.82) is 0 Å². The van der Waals surface area contributed by atoms with Gasteiger partial charge >= 0.3 is 5.97 Å². The van der Waals surface area contributed by atoms with Crippen molar-refractivity contribution in [3.05, 3.63) is 77.4 Å². The molecule has 0 atom stereocenters. The molecule has 0 aromatic heterocycles. The highest BCUT2D eigenvalue weighted by Gasteiger charge is 2.33. The number of anilines is 1. The molecule has 0 amide bonds. The van der Waals surface area contributed by atoms with Crippen molar-refractivity contribution in [2.45, 2.75) is 11.8 Å². The number of ketones is 1. The van der Waals surface area contributed by atoms with Crippen LogP contribution in [0.5, 0.6) is 17.2 Å². The smallest absolute Gasteiger partial charge is 0.326 e. The zero-order chi connectivity index (χ0) is 25.2. The topological polar surface area (TPSA) is 108 Å². The molecule has 35 heavy (non-hydrogen) atoms. The molecule has 4 rings (SSSR count). The number of hydrogen-bond donors (Lipinski definition) is 0. The number of methoxy groups -OCH3 is 2. The van der Waals surface area contributed by atoms with Crippen LogP contribution < -0.4 is 18.5 Å². The molecule has 0 spiro atoms. The van der Waals surface area contributed by atoms with E-state index in [0.29, 0.717) is 22.7 Å². The zero-order valence-electron chi connectivity index (χ0n) is 19.3. The summed E-state index contributed by atoms with van der Waals surface area (Å²) in [6.07, 6.45) is 0. The molecule has 182 valence electrons. The number of carbonyl (C=O) groups excluding carboxylic acids is 2. The Balaban J connectivity index is 1.83. The first-order chi connectivity index (χ1) is 16.8. The van der Waals surface area contributed by atoms with E-state index in [1.54, 1.807) is 37.3 Å². The van der Waals surface area contributed by atoms with E-state index >= 15 is 0 Å². The number of nitrogens with zero attached hydrogens (tertiary/aromatic N) is 1. The second-order valence-electron chi connectivity index (χ2n) is 7.61. The van der Waals surface area contributed by atoms with Gasteiger partial charge in [-0.15, -0.1) is 0 Å². The maximum Gasteiger partial charge on any atom is 0.326 e. The number of fused-ring (bicyclic) bond motifs is 1. The van der Waals surface area contributed by atoms with Crippen LogP contribution in [0.2, 0.25) is 0 Å². The summed E-state index contributed by atoms with van der Waals surface area (Å²) in [5, 5.41) is 0. The van der Waals surface area contributed by atoms with E-state index in [0.717, 1.165) is 4.31 Å². The highest BCUT2D eigenvalue weighted by molar-refractivity contribution is 7.93. The lowest BCUT2D eigenvalue weighted by Crippen LogP contribution is -2.37. The largest absolute Gasteiger partial charge is 0.493 e. The Morgan fingerprint density at radius 3 is 2.43 bits per heavy atom.